The van der Waals surface area contributed by atoms with Crippen molar-refractivity contribution in [1.82, 2.24) is 14.3 Å². The number of aliphatic hydroxyl groups is 1. The Morgan fingerprint density at radius 3 is 2.36 bits per heavy atom. The Hall–Kier alpha value is -2.44. The van der Waals surface area contributed by atoms with Crippen LogP contribution in [0.3, 0.4) is 0 Å². The third kappa shape index (κ3) is 3.81. The Labute approximate surface area is 152 Å². The molecule has 3 rings (SSSR count). The minimum absolute atomic E-state index is 0.263. The molecule has 2 aromatic carbocycles. The molecule has 0 aliphatic carbocycles. The van der Waals surface area contributed by atoms with Crippen LogP contribution in [-0.2, 0) is 6.73 Å². The minimum atomic E-state index is -0.263. The average molecular weight is 355 g/mol. The number of hydrogen-bond donors (Lipinski definition) is 1. The number of aliphatic hydroxyl groups excluding tert-OH is 1. The van der Waals surface area contributed by atoms with E-state index in [2.05, 4.69) is 18.9 Å². The normalized spacial score (nSPS) is 11.0. The number of aromatic nitrogens is 3. The summed E-state index contributed by atoms with van der Waals surface area (Å²) in [6.45, 7) is 4.65. The number of ether oxygens (including phenoxy) is 1. The van der Waals surface area contributed by atoms with Crippen molar-refractivity contribution < 1.29 is 9.84 Å². The molecule has 1 N–H and O–H groups in total. The highest BCUT2D eigenvalue weighted by Gasteiger charge is 2.14. The van der Waals surface area contributed by atoms with Crippen LogP contribution < -0.4 is 4.74 Å². The van der Waals surface area contributed by atoms with Crippen LogP contribution in [0, 0.1) is 10.7 Å². The van der Waals surface area contributed by atoms with Gasteiger partial charge in [-0.3, -0.25) is 4.57 Å². The predicted molar refractivity (Wildman–Crippen MR) is 100 cm³/mol. The Kier molecular flexibility index (Phi) is 5.31. The maximum atomic E-state index is 9.52. The zero-order chi connectivity index (χ0) is 17.8. The first kappa shape index (κ1) is 17.4. The molecule has 0 saturated carbocycles. The van der Waals surface area contributed by atoms with Crippen molar-refractivity contribution in [1.29, 1.82) is 0 Å². The Bertz CT molecular complexity index is 883. The Balaban J connectivity index is 2.01. The third-order valence-corrected chi connectivity index (χ3v) is 4.08. The standard InChI is InChI=1S/C19H21N3O2S/c1-14(2)12-24-17-10-8-15(9-11-17)18-20-21(13-23)19(25)22(18)16-6-4-3-5-7-16/h3-11,14,23H,12-13H2,1-2H3. The van der Waals surface area contributed by atoms with Crippen molar-refractivity contribution in [3.8, 4) is 22.8 Å². The highest BCUT2D eigenvalue weighted by Crippen LogP contribution is 2.25. The first-order valence-corrected chi connectivity index (χ1v) is 8.60. The van der Waals surface area contributed by atoms with Crippen molar-refractivity contribution >= 4 is 12.2 Å². The largest absolute Gasteiger partial charge is 0.493 e. The molecule has 6 heteroatoms. The van der Waals surface area contributed by atoms with Crippen LogP contribution in [0.1, 0.15) is 13.8 Å². The van der Waals surface area contributed by atoms with Gasteiger partial charge in [-0.15, -0.1) is 5.10 Å². The molecule has 1 heterocycles. The van der Waals surface area contributed by atoms with Gasteiger partial charge < -0.3 is 9.84 Å². The van der Waals surface area contributed by atoms with Gasteiger partial charge in [0, 0.05) is 11.3 Å². The fraction of sp³-hybridized carbons (Fsp3) is 0.263. The zero-order valence-corrected chi connectivity index (χ0v) is 15.1. The smallest absolute Gasteiger partial charge is 0.205 e. The number of para-hydroxylation sites is 1. The number of benzene rings is 2. The van der Waals surface area contributed by atoms with Gasteiger partial charge in [-0.05, 0) is 54.5 Å². The molecule has 0 saturated heterocycles. The predicted octanol–water partition coefficient (Wildman–Crippen LogP) is 4.05. The lowest BCUT2D eigenvalue weighted by Crippen LogP contribution is -2.04. The Morgan fingerprint density at radius 1 is 1.08 bits per heavy atom. The van der Waals surface area contributed by atoms with Gasteiger partial charge >= 0.3 is 0 Å². The molecule has 0 radical (unpaired) electrons. The number of nitrogens with zero attached hydrogens (tertiary/aromatic N) is 3. The summed E-state index contributed by atoms with van der Waals surface area (Å²) in [5.74, 6) is 1.98. The van der Waals surface area contributed by atoms with Crippen LogP contribution in [0.5, 0.6) is 5.75 Å². The highest BCUT2D eigenvalue weighted by molar-refractivity contribution is 7.71. The second kappa shape index (κ2) is 7.63. The van der Waals surface area contributed by atoms with Crippen LogP contribution in [0.15, 0.2) is 54.6 Å². The molecule has 0 amide bonds. The Morgan fingerprint density at radius 2 is 1.76 bits per heavy atom. The molecule has 0 aliphatic heterocycles. The second-order valence-electron chi connectivity index (χ2n) is 6.15. The van der Waals surface area contributed by atoms with E-state index in [1.54, 1.807) is 0 Å². The van der Waals surface area contributed by atoms with E-state index in [-0.39, 0.29) is 6.73 Å². The average Bonchev–Trinajstić information content (AvgIpc) is 2.97. The summed E-state index contributed by atoms with van der Waals surface area (Å²) in [7, 11) is 0. The molecule has 25 heavy (non-hydrogen) atoms. The molecular weight excluding hydrogens is 334 g/mol. The third-order valence-electron chi connectivity index (χ3n) is 3.68. The second-order valence-corrected chi connectivity index (χ2v) is 6.51. The van der Waals surface area contributed by atoms with Crippen molar-refractivity contribution in [3.63, 3.8) is 0 Å². The van der Waals surface area contributed by atoms with E-state index in [4.69, 9.17) is 17.0 Å². The highest BCUT2D eigenvalue weighted by atomic mass is 32.1. The summed E-state index contributed by atoms with van der Waals surface area (Å²) in [5.41, 5.74) is 1.81. The molecule has 0 aliphatic rings. The topological polar surface area (TPSA) is 52.2 Å². The van der Waals surface area contributed by atoms with Gasteiger partial charge in [-0.1, -0.05) is 32.0 Å². The molecule has 1 aromatic heterocycles. The molecule has 0 spiro atoms. The van der Waals surface area contributed by atoms with Gasteiger partial charge in [0.2, 0.25) is 4.77 Å². The van der Waals surface area contributed by atoms with Crippen molar-refractivity contribution in [2.75, 3.05) is 6.61 Å². The zero-order valence-electron chi connectivity index (χ0n) is 14.3. The molecule has 0 bridgehead atoms. The van der Waals surface area contributed by atoms with Gasteiger partial charge in [0.05, 0.1) is 6.61 Å². The first-order chi connectivity index (χ1) is 12.1. The van der Waals surface area contributed by atoms with E-state index >= 15 is 0 Å². The van der Waals surface area contributed by atoms with E-state index in [9.17, 15) is 5.11 Å². The molecule has 5 nitrogen and oxygen atoms in total. The summed E-state index contributed by atoms with van der Waals surface area (Å²) < 4.78 is 9.44. The SMILES string of the molecule is CC(C)COc1ccc(-c2nn(CO)c(=S)n2-c2ccccc2)cc1. The quantitative estimate of drug-likeness (QED) is 0.678. The van der Waals surface area contributed by atoms with E-state index in [0.29, 0.717) is 23.1 Å². The van der Waals surface area contributed by atoms with Gasteiger partial charge in [-0.25, -0.2) is 4.68 Å². The van der Waals surface area contributed by atoms with E-state index < -0.39 is 0 Å². The minimum Gasteiger partial charge on any atom is -0.493 e. The number of hydrogen-bond acceptors (Lipinski definition) is 4. The molecule has 0 atom stereocenters. The van der Waals surface area contributed by atoms with Crippen LogP contribution in [0.25, 0.3) is 17.1 Å². The molecule has 0 unspecified atom stereocenters. The lowest BCUT2D eigenvalue weighted by molar-refractivity contribution is 0.193. The number of rotatable bonds is 6. The summed E-state index contributed by atoms with van der Waals surface area (Å²) >= 11 is 5.47. The van der Waals surface area contributed by atoms with Crippen LogP contribution in [-0.4, -0.2) is 26.1 Å². The summed E-state index contributed by atoms with van der Waals surface area (Å²) in [6, 6.07) is 17.5. The molecule has 130 valence electrons. The van der Waals surface area contributed by atoms with Gasteiger partial charge in [0.25, 0.3) is 0 Å². The van der Waals surface area contributed by atoms with Gasteiger partial charge in [0.1, 0.15) is 12.5 Å². The molecule has 0 fully saturated rings. The molecular formula is C19H21N3O2S. The van der Waals surface area contributed by atoms with Crippen LogP contribution in [0.2, 0.25) is 0 Å². The van der Waals surface area contributed by atoms with Crippen molar-refractivity contribution in [3.05, 3.63) is 59.4 Å². The van der Waals surface area contributed by atoms with E-state index in [1.807, 2.05) is 59.2 Å². The van der Waals surface area contributed by atoms with Crippen molar-refractivity contribution in [2.24, 2.45) is 5.92 Å². The maximum absolute atomic E-state index is 9.52. The van der Waals surface area contributed by atoms with Crippen LogP contribution in [0.4, 0.5) is 0 Å². The van der Waals surface area contributed by atoms with Crippen LogP contribution >= 0.6 is 12.2 Å². The first-order valence-electron chi connectivity index (χ1n) is 8.19. The summed E-state index contributed by atoms with van der Waals surface area (Å²) in [5, 5.41) is 14.0. The summed E-state index contributed by atoms with van der Waals surface area (Å²) in [4.78, 5) is 0. The van der Waals surface area contributed by atoms with Crippen molar-refractivity contribution in [2.45, 2.75) is 20.6 Å². The lowest BCUT2D eigenvalue weighted by atomic mass is 10.2. The fourth-order valence-electron chi connectivity index (χ4n) is 2.46. The van der Waals surface area contributed by atoms with E-state index in [0.717, 1.165) is 17.0 Å². The van der Waals surface area contributed by atoms with E-state index in [1.165, 1.54) is 4.68 Å². The monoisotopic (exact) mass is 355 g/mol. The fourth-order valence-corrected chi connectivity index (χ4v) is 2.75. The summed E-state index contributed by atoms with van der Waals surface area (Å²) in [6.07, 6.45) is 0. The molecule has 3 aromatic rings. The maximum Gasteiger partial charge on any atom is 0.205 e. The van der Waals surface area contributed by atoms with Gasteiger partial charge in [0.15, 0.2) is 5.82 Å². The lowest BCUT2D eigenvalue weighted by Gasteiger charge is -2.10. The van der Waals surface area contributed by atoms with Gasteiger partial charge in [-0.2, -0.15) is 0 Å².